The zero-order chi connectivity index (χ0) is 19.7. The third-order valence-electron chi connectivity index (χ3n) is 5.28. The van der Waals surface area contributed by atoms with Crippen molar-refractivity contribution in [1.29, 1.82) is 0 Å². The van der Waals surface area contributed by atoms with Crippen molar-refractivity contribution in [2.24, 2.45) is 0 Å². The highest BCUT2D eigenvalue weighted by Gasteiger charge is 2.37. The van der Waals surface area contributed by atoms with Gasteiger partial charge in [-0.05, 0) is 66.3 Å². The van der Waals surface area contributed by atoms with Gasteiger partial charge in [0, 0.05) is 5.02 Å². The van der Waals surface area contributed by atoms with Crippen LogP contribution in [0, 0.1) is 0 Å². The highest BCUT2D eigenvalue weighted by atomic mass is 35.5. The van der Waals surface area contributed by atoms with Gasteiger partial charge in [0.2, 0.25) is 0 Å². The predicted molar refractivity (Wildman–Crippen MR) is 108 cm³/mol. The van der Waals surface area contributed by atoms with Crippen molar-refractivity contribution in [1.82, 2.24) is 0 Å². The maximum atomic E-state index is 10.2. The van der Waals surface area contributed by atoms with Gasteiger partial charge in [-0.2, -0.15) is 0 Å². The standard InChI is InChI=1S/C18H31B2ClO4/c1-15(2,22)17(5,6)24-19-12-10-9-11-13(14(12)21)20-25-18(7,8)16(3,4)23/h9-11,19-20,22-23H,1-8H3. The van der Waals surface area contributed by atoms with Crippen molar-refractivity contribution in [3.63, 3.8) is 0 Å². The van der Waals surface area contributed by atoms with Gasteiger partial charge in [0.25, 0.3) is 0 Å². The molecule has 0 aliphatic rings. The Labute approximate surface area is 158 Å². The third kappa shape index (κ3) is 5.73. The first-order valence-electron chi connectivity index (χ1n) is 8.57. The predicted octanol–water partition coefficient (Wildman–Crippen LogP) is 1.43. The molecule has 0 aromatic heterocycles. The average molecular weight is 369 g/mol. The number of halogens is 1. The second kappa shape index (κ2) is 7.61. The van der Waals surface area contributed by atoms with Crippen LogP contribution >= 0.6 is 11.6 Å². The van der Waals surface area contributed by atoms with E-state index in [1.165, 1.54) is 0 Å². The molecule has 0 bridgehead atoms. The maximum absolute atomic E-state index is 10.2. The molecule has 1 aromatic rings. The van der Waals surface area contributed by atoms with Crippen molar-refractivity contribution in [2.75, 3.05) is 0 Å². The Morgan fingerprint density at radius 3 is 1.36 bits per heavy atom. The molecule has 4 nitrogen and oxygen atoms in total. The fourth-order valence-corrected chi connectivity index (χ4v) is 1.96. The van der Waals surface area contributed by atoms with Crippen LogP contribution in [0.15, 0.2) is 18.2 Å². The van der Waals surface area contributed by atoms with Gasteiger partial charge in [0.05, 0.1) is 22.4 Å². The lowest BCUT2D eigenvalue weighted by Gasteiger charge is -2.38. The van der Waals surface area contributed by atoms with Gasteiger partial charge < -0.3 is 19.5 Å². The van der Waals surface area contributed by atoms with Crippen LogP contribution < -0.4 is 10.9 Å². The highest BCUT2D eigenvalue weighted by molar-refractivity contribution is 6.60. The van der Waals surface area contributed by atoms with E-state index in [1.54, 1.807) is 27.7 Å². The van der Waals surface area contributed by atoms with E-state index < -0.39 is 22.4 Å². The Morgan fingerprint density at radius 1 is 0.760 bits per heavy atom. The minimum absolute atomic E-state index is 0.290. The summed E-state index contributed by atoms with van der Waals surface area (Å²) in [5.41, 5.74) is -1.71. The van der Waals surface area contributed by atoms with E-state index in [1.807, 2.05) is 45.9 Å². The van der Waals surface area contributed by atoms with E-state index in [2.05, 4.69) is 0 Å². The monoisotopic (exact) mass is 368 g/mol. The zero-order valence-corrected chi connectivity index (χ0v) is 17.5. The first-order chi connectivity index (χ1) is 11.1. The zero-order valence-electron chi connectivity index (χ0n) is 16.7. The summed E-state index contributed by atoms with van der Waals surface area (Å²) in [6, 6.07) is 5.69. The first-order valence-corrected chi connectivity index (χ1v) is 8.95. The molecule has 1 rings (SSSR count). The molecule has 0 amide bonds. The molecule has 0 spiro atoms. The van der Waals surface area contributed by atoms with E-state index in [-0.39, 0.29) is 0 Å². The SMILES string of the molecule is CC(C)(O)C(C)(C)OBc1cccc(BOC(C)(C)C(C)(C)O)c1Cl. The van der Waals surface area contributed by atoms with Gasteiger partial charge in [0.1, 0.15) is 0 Å². The van der Waals surface area contributed by atoms with Gasteiger partial charge in [-0.1, -0.05) is 29.8 Å². The first kappa shape index (κ1) is 22.5. The molecular weight excluding hydrogens is 337 g/mol. The molecule has 0 saturated carbocycles. The maximum Gasteiger partial charge on any atom is 0.310 e. The Kier molecular flexibility index (Phi) is 6.86. The number of hydrogen-bond donors (Lipinski definition) is 2. The molecule has 0 aliphatic carbocycles. The number of rotatable bonds is 8. The molecular formula is C18H31B2ClO4. The van der Waals surface area contributed by atoms with Gasteiger partial charge in [-0.3, -0.25) is 0 Å². The molecule has 0 atom stereocenters. The number of benzene rings is 1. The van der Waals surface area contributed by atoms with Crippen LogP contribution in [0.5, 0.6) is 0 Å². The fourth-order valence-electron chi connectivity index (χ4n) is 1.73. The summed E-state index contributed by atoms with van der Waals surface area (Å²) in [6.45, 7) is 14.3. The van der Waals surface area contributed by atoms with Crippen LogP contribution in [-0.2, 0) is 9.31 Å². The number of aliphatic hydroxyl groups is 2. The topological polar surface area (TPSA) is 58.9 Å². The lowest BCUT2D eigenvalue weighted by Crippen LogP contribution is -2.50. The normalized spacial score (nSPS) is 13.7. The lowest BCUT2D eigenvalue weighted by molar-refractivity contribution is -0.0893. The van der Waals surface area contributed by atoms with Gasteiger partial charge in [-0.15, -0.1) is 0 Å². The van der Waals surface area contributed by atoms with E-state index in [0.717, 1.165) is 10.9 Å². The smallest absolute Gasteiger partial charge is 0.310 e. The van der Waals surface area contributed by atoms with Crippen molar-refractivity contribution in [3.8, 4) is 0 Å². The van der Waals surface area contributed by atoms with Crippen molar-refractivity contribution in [2.45, 2.75) is 77.8 Å². The van der Waals surface area contributed by atoms with Crippen LogP contribution in [0.3, 0.4) is 0 Å². The Hall–Kier alpha value is -0.520. The van der Waals surface area contributed by atoms with Crippen LogP contribution in [0.1, 0.15) is 55.4 Å². The summed E-state index contributed by atoms with van der Waals surface area (Å²) in [5, 5.41) is 21.0. The van der Waals surface area contributed by atoms with E-state index in [0.29, 0.717) is 20.0 Å². The average Bonchev–Trinajstić information content (AvgIpc) is 2.42. The van der Waals surface area contributed by atoms with Crippen LogP contribution in [0.4, 0.5) is 0 Å². The molecule has 0 saturated heterocycles. The molecule has 0 unspecified atom stereocenters. The van der Waals surface area contributed by atoms with Crippen molar-refractivity contribution < 1.29 is 19.5 Å². The number of hydrogen-bond acceptors (Lipinski definition) is 4. The molecule has 25 heavy (non-hydrogen) atoms. The summed E-state index contributed by atoms with van der Waals surface area (Å²) < 4.78 is 11.8. The second-order valence-electron chi connectivity index (χ2n) is 8.61. The fraction of sp³-hybridized carbons (Fsp3) is 0.667. The quantitative estimate of drug-likeness (QED) is 0.682. The lowest BCUT2D eigenvalue weighted by atomic mass is 9.77. The van der Waals surface area contributed by atoms with E-state index in [4.69, 9.17) is 20.9 Å². The minimum atomic E-state index is -0.975. The Bertz CT molecular complexity index is 541. The second-order valence-corrected chi connectivity index (χ2v) is 8.98. The summed E-state index contributed by atoms with van der Waals surface area (Å²) in [5.74, 6) is 0. The Morgan fingerprint density at radius 2 is 1.08 bits per heavy atom. The summed E-state index contributed by atoms with van der Waals surface area (Å²) >= 11 is 6.51. The molecule has 0 aliphatic heterocycles. The van der Waals surface area contributed by atoms with E-state index >= 15 is 0 Å². The van der Waals surface area contributed by atoms with Gasteiger partial charge in [0.15, 0.2) is 0 Å². The van der Waals surface area contributed by atoms with Crippen molar-refractivity contribution in [3.05, 3.63) is 23.2 Å². The van der Waals surface area contributed by atoms with Crippen LogP contribution in [-0.4, -0.2) is 47.6 Å². The van der Waals surface area contributed by atoms with Crippen LogP contribution in [0.25, 0.3) is 0 Å². The summed E-state index contributed by atoms with van der Waals surface area (Å²) in [4.78, 5) is 0. The third-order valence-corrected chi connectivity index (χ3v) is 5.77. The largest absolute Gasteiger partial charge is 0.427 e. The summed E-state index contributed by atoms with van der Waals surface area (Å²) in [7, 11) is 0.580. The van der Waals surface area contributed by atoms with Crippen molar-refractivity contribution >= 4 is 37.5 Å². The molecule has 1 aromatic carbocycles. The van der Waals surface area contributed by atoms with Gasteiger partial charge >= 0.3 is 15.0 Å². The van der Waals surface area contributed by atoms with Gasteiger partial charge in [-0.25, -0.2) is 0 Å². The molecule has 7 heteroatoms. The molecule has 0 heterocycles. The molecule has 0 radical (unpaired) electrons. The van der Waals surface area contributed by atoms with Crippen LogP contribution in [0.2, 0.25) is 5.02 Å². The molecule has 0 fully saturated rings. The minimum Gasteiger partial charge on any atom is -0.427 e. The van der Waals surface area contributed by atoms with E-state index in [9.17, 15) is 10.2 Å². The Balaban J connectivity index is 2.87. The molecule has 140 valence electrons. The highest BCUT2D eigenvalue weighted by Crippen LogP contribution is 2.25. The molecule has 2 N–H and O–H groups in total. The summed E-state index contributed by atoms with van der Waals surface area (Å²) in [6.07, 6.45) is 0.